The van der Waals surface area contributed by atoms with Crippen LogP contribution in [0.5, 0.6) is 0 Å². The third-order valence-corrected chi connectivity index (χ3v) is 1.50. The van der Waals surface area contributed by atoms with Gasteiger partial charge in [-0.05, 0) is 20.8 Å². The molecule has 5 nitrogen and oxygen atoms in total. The monoisotopic (exact) mass is 203 g/mol. The van der Waals surface area contributed by atoms with Gasteiger partial charge in [-0.3, -0.25) is 14.9 Å². The van der Waals surface area contributed by atoms with Crippen molar-refractivity contribution in [2.24, 2.45) is 0 Å². The van der Waals surface area contributed by atoms with Crippen LogP contribution in [0.3, 0.4) is 0 Å². The van der Waals surface area contributed by atoms with E-state index in [2.05, 4.69) is 10.1 Å². The number of hydrogen-bond acceptors (Lipinski definition) is 5. The van der Waals surface area contributed by atoms with E-state index in [1.54, 1.807) is 20.8 Å². The SMILES string of the molecule is CCOC(=O)CN[C@@H](C)C(=O)OCC. The highest BCUT2D eigenvalue weighted by Gasteiger charge is 2.14. The molecule has 0 radical (unpaired) electrons. The molecule has 0 aromatic carbocycles. The minimum atomic E-state index is -0.487. The zero-order valence-corrected chi connectivity index (χ0v) is 8.83. The van der Waals surface area contributed by atoms with Crippen LogP contribution >= 0.6 is 0 Å². The molecule has 0 amide bonds. The number of carbonyl (C=O) groups is 2. The van der Waals surface area contributed by atoms with Crippen molar-refractivity contribution in [3.8, 4) is 0 Å². The van der Waals surface area contributed by atoms with Crippen LogP contribution in [0.15, 0.2) is 0 Å². The van der Waals surface area contributed by atoms with Gasteiger partial charge in [-0.25, -0.2) is 0 Å². The molecule has 5 heteroatoms. The summed E-state index contributed by atoms with van der Waals surface area (Å²) < 4.78 is 9.42. The Bertz CT molecular complexity index is 193. The van der Waals surface area contributed by atoms with E-state index < -0.39 is 6.04 Å². The second-order valence-corrected chi connectivity index (χ2v) is 2.66. The van der Waals surface area contributed by atoms with E-state index in [1.165, 1.54) is 0 Å². The number of nitrogens with one attached hydrogen (secondary N) is 1. The predicted octanol–water partition coefficient (Wildman–Crippen LogP) is 0.0907. The molecule has 1 atom stereocenters. The van der Waals surface area contributed by atoms with Gasteiger partial charge in [0.15, 0.2) is 0 Å². The third kappa shape index (κ3) is 5.53. The molecule has 0 aliphatic heterocycles. The minimum absolute atomic E-state index is 0.0216. The highest BCUT2D eigenvalue weighted by atomic mass is 16.5. The summed E-state index contributed by atoms with van der Waals surface area (Å²) in [7, 11) is 0. The lowest BCUT2D eigenvalue weighted by molar-refractivity contribution is -0.146. The molecule has 0 aliphatic rings. The van der Waals surface area contributed by atoms with E-state index in [9.17, 15) is 9.59 Å². The molecule has 14 heavy (non-hydrogen) atoms. The highest BCUT2D eigenvalue weighted by Crippen LogP contribution is 1.87. The van der Waals surface area contributed by atoms with Crippen LogP contribution < -0.4 is 5.32 Å². The molecule has 0 aromatic heterocycles. The van der Waals surface area contributed by atoms with Gasteiger partial charge in [0.25, 0.3) is 0 Å². The second kappa shape index (κ2) is 7.32. The van der Waals surface area contributed by atoms with Gasteiger partial charge >= 0.3 is 11.9 Å². The summed E-state index contributed by atoms with van der Waals surface area (Å²) in [6.45, 7) is 5.80. The predicted molar refractivity (Wildman–Crippen MR) is 50.7 cm³/mol. The van der Waals surface area contributed by atoms with Crippen molar-refractivity contribution in [2.45, 2.75) is 26.8 Å². The minimum Gasteiger partial charge on any atom is -0.465 e. The lowest BCUT2D eigenvalue weighted by Crippen LogP contribution is -2.39. The Morgan fingerprint density at radius 2 is 1.79 bits per heavy atom. The first kappa shape index (κ1) is 12.9. The first-order valence-corrected chi connectivity index (χ1v) is 4.67. The third-order valence-electron chi connectivity index (χ3n) is 1.50. The fourth-order valence-electron chi connectivity index (χ4n) is 0.799. The normalized spacial score (nSPS) is 11.9. The summed E-state index contributed by atoms with van der Waals surface area (Å²) >= 11 is 0. The van der Waals surface area contributed by atoms with Gasteiger partial charge in [-0.15, -0.1) is 0 Å². The lowest BCUT2D eigenvalue weighted by Gasteiger charge is -2.11. The Morgan fingerprint density at radius 1 is 1.21 bits per heavy atom. The quantitative estimate of drug-likeness (QED) is 0.620. The van der Waals surface area contributed by atoms with Crippen LogP contribution in [-0.4, -0.2) is 37.7 Å². The Kier molecular flexibility index (Phi) is 6.74. The number of carbonyl (C=O) groups excluding carboxylic acids is 2. The average molecular weight is 203 g/mol. The molecule has 0 saturated carbocycles. The first-order chi connectivity index (χ1) is 6.61. The number of hydrogen-bond donors (Lipinski definition) is 1. The van der Waals surface area contributed by atoms with Crippen molar-refractivity contribution in [1.82, 2.24) is 5.32 Å². The molecule has 0 fully saturated rings. The molecule has 0 saturated heterocycles. The molecule has 0 aromatic rings. The Hall–Kier alpha value is -1.10. The summed E-state index contributed by atoms with van der Waals surface area (Å²) in [5.74, 6) is -0.736. The van der Waals surface area contributed by atoms with Crippen LogP contribution in [-0.2, 0) is 19.1 Å². The molecule has 0 rings (SSSR count). The first-order valence-electron chi connectivity index (χ1n) is 4.67. The van der Waals surface area contributed by atoms with Gasteiger partial charge in [0.2, 0.25) is 0 Å². The average Bonchev–Trinajstić information content (AvgIpc) is 2.15. The molecule has 0 bridgehead atoms. The van der Waals surface area contributed by atoms with E-state index >= 15 is 0 Å². The zero-order chi connectivity index (χ0) is 11.0. The van der Waals surface area contributed by atoms with E-state index in [0.29, 0.717) is 13.2 Å². The van der Waals surface area contributed by atoms with Crippen LogP contribution in [0.2, 0.25) is 0 Å². The van der Waals surface area contributed by atoms with E-state index in [-0.39, 0.29) is 18.5 Å². The Labute approximate surface area is 83.8 Å². The Morgan fingerprint density at radius 3 is 2.29 bits per heavy atom. The van der Waals surface area contributed by atoms with Crippen LogP contribution in [0, 0.1) is 0 Å². The number of rotatable bonds is 6. The molecular formula is C9H17NO4. The van der Waals surface area contributed by atoms with E-state index in [0.717, 1.165) is 0 Å². The number of ether oxygens (including phenoxy) is 2. The molecule has 0 aliphatic carbocycles. The largest absolute Gasteiger partial charge is 0.465 e. The highest BCUT2D eigenvalue weighted by molar-refractivity contribution is 5.77. The maximum absolute atomic E-state index is 11.1. The molecule has 1 N–H and O–H groups in total. The fraction of sp³-hybridized carbons (Fsp3) is 0.778. The Balaban J connectivity index is 3.67. The topological polar surface area (TPSA) is 64.6 Å². The van der Waals surface area contributed by atoms with Crippen LogP contribution in [0.4, 0.5) is 0 Å². The molecule has 0 spiro atoms. The van der Waals surface area contributed by atoms with Crippen molar-refractivity contribution >= 4 is 11.9 Å². The van der Waals surface area contributed by atoms with Gasteiger partial charge in [0, 0.05) is 0 Å². The van der Waals surface area contributed by atoms with Crippen molar-refractivity contribution in [2.75, 3.05) is 19.8 Å². The van der Waals surface area contributed by atoms with Gasteiger partial charge in [0.1, 0.15) is 6.04 Å². The summed E-state index contributed by atoms with van der Waals surface area (Å²) in [6.07, 6.45) is 0. The molecule has 0 heterocycles. The van der Waals surface area contributed by atoms with Crippen molar-refractivity contribution in [3.63, 3.8) is 0 Å². The summed E-state index contributed by atoms with van der Waals surface area (Å²) in [4.78, 5) is 22.0. The zero-order valence-electron chi connectivity index (χ0n) is 8.83. The van der Waals surface area contributed by atoms with Gasteiger partial charge < -0.3 is 9.47 Å². The summed E-state index contributed by atoms with van der Waals surface area (Å²) in [5, 5.41) is 2.70. The maximum atomic E-state index is 11.1. The summed E-state index contributed by atoms with van der Waals surface area (Å²) in [6, 6.07) is -0.487. The van der Waals surface area contributed by atoms with Crippen LogP contribution in [0.1, 0.15) is 20.8 Å². The van der Waals surface area contributed by atoms with Gasteiger partial charge in [-0.2, -0.15) is 0 Å². The second-order valence-electron chi connectivity index (χ2n) is 2.66. The van der Waals surface area contributed by atoms with E-state index in [1.807, 2.05) is 0 Å². The van der Waals surface area contributed by atoms with Crippen LogP contribution in [0.25, 0.3) is 0 Å². The lowest BCUT2D eigenvalue weighted by atomic mass is 10.3. The maximum Gasteiger partial charge on any atom is 0.322 e. The summed E-state index contributed by atoms with van der Waals surface area (Å²) in [5.41, 5.74) is 0. The molecule has 82 valence electrons. The van der Waals surface area contributed by atoms with E-state index in [4.69, 9.17) is 4.74 Å². The fourth-order valence-corrected chi connectivity index (χ4v) is 0.799. The standard InChI is InChI=1S/C9H17NO4/c1-4-13-8(11)6-10-7(3)9(12)14-5-2/h7,10H,4-6H2,1-3H3/t7-/m0/s1. The molecular weight excluding hydrogens is 186 g/mol. The number of esters is 2. The van der Waals surface area contributed by atoms with Crippen molar-refractivity contribution in [3.05, 3.63) is 0 Å². The van der Waals surface area contributed by atoms with Gasteiger partial charge in [-0.1, -0.05) is 0 Å². The van der Waals surface area contributed by atoms with Crippen molar-refractivity contribution in [1.29, 1.82) is 0 Å². The van der Waals surface area contributed by atoms with Gasteiger partial charge in [0.05, 0.1) is 19.8 Å². The molecule has 0 unspecified atom stereocenters. The smallest absolute Gasteiger partial charge is 0.322 e. The van der Waals surface area contributed by atoms with Crippen molar-refractivity contribution < 1.29 is 19.1 Å².